The zero-order chi connectivity index (χ0) is 26.0. The molecule has 38 heavy (non-hydrogen) atoms. The van der Waals surface area contributed by atoms with Crippen LogP contribution in [0.3, 0.4) is 0 Å². The predicted molar refractivity (Wildman–Crippen MR) is 159 cm³/mol. The van der Waals surface area contributed by atoms with Crippen molar-refractivity contribution >= 4 is 21.5 Å². The molecule has 1 nitrogen and oxygen atoms in total. The van der Waals surface area contributed by atoms with E-state index in [2.05, 4.69) is 106 Å². The molecule has 0 radical (unpaired) electrons. The fourth-order valence-corrected chi connectivity index (χ4v) is 9.37. The van der Waals surface area contributed by atoms with Gasteiger partial charge in [-0.15, -0.1) is 0 Å². The highest BCUT2D eigenvalue weighted by Gasteiger charge is 2.61. The van der Waals surface area contributed by atoms with Crippen LogP contribution in [0.25, 0.3) is 32.8 Å². The van der Waals surface area contributed by atoms with Crippen molar-refractivity contribution in [3.8, 4) is 11.3 Å². The van der Waals surface area contributed by atoms with Gasteiger partial charge < -0.3 is 0 Å². The van der Waals surface area contributed by atoms with Gasteiger partial charge in [-0.1, -0.05) is 86.7 Å². The summed E-state index contributed by atoms with van der Waals surface area (Å²) in [7, 11) is 0. The van der Waals surface area contributed by atoms with Crippen molar-refractivity contribution in [3.05, 3.63) is 100 Å². The Balaban J connectivity index is 1.60. The summed E-state index contributed by atoms with van der Waals surface area (Å²) in [5.74, 6) is 1.20. The molecule has 0 bridgehead atoms. The van der Waals surface area contributed by atoms with E-state index in [0.29, 0.717) is 11.8 Å². The number of pyridine rings is 1. The second-order valence-electron chi connectivity index (χ2n) is 13.3. The second-order valence-corrected chi connectivity index (χ2v) is 13.3. The molecular weight excluding hydrogens is 458 g/mol. The minimum atomic E-state index is -0.175. The molecule has 3 aromatic carbocycles. The first kappa shape index (κ1) is 22.8. The Labute approximate surface area is 226 Å². The fraction of sp³-hybridized carbons (Fsp3) is 0.378. The maximum absolute atomic E-state index is 2.75. The number of aryl methyl sites for hydroxylation is 1. The molecule has 1 fully saturated rings. The number of benzene rings is 3. The van der Waals surface area contributed by atoms with Crippen LogP contribution >= 0.6 is 0 Å². The summed E-state index contributed by atoms with van der Waals surface area (Å²) < 4.78 is 2.75. The van der Waals surface area contributed by atoms with Crippen molar-refractivity contribution in [3.63, 3.8) is 0 Å². The second kappa shape index (κ2) is 7.47. The van der Waals surface area contributed by atoms with Gasteiger partial charge in [0.2, 0.25) is 11.2 Å². The molecule has 0 N–H and O–H groups in total. The number of hydrogen-bond donors (Lipinski definition) is 0. The molecule has 1 aliphatic heterocycles. The largest absolute Gasteiger partial charge is 0.222 e. The highest BCUT2D eigenvalue weighted by atomic mass is 15.1. The van der Waals surface area contributed by atoms with E-state index < -0.39 is 0 Å². The lowest BCUT2D eigenvalue weighted by Gasteiger charge is -2.41. The van der Waals surface area contributed by atoms with E-state index in [0.717, 1.165) is 0 Å². The van der Waals surface area contributed by atoms with Crippen molar-refractivity contribution < 1.29 is 4.57 Å². The number of aromatic nitrogens is 1. The Morgan fingerprint density at radius 1 is 0.842 bits per heavy atom. The Morgan fingerprint density at radius 3 is 2.45 bits per heavy atom. The first-order valence-corrected chi connectivity index (χ1v) is 14.8. The smallest absolute Gasteiger partial charge is 0.183 e. The molecule has 1 spiro atoms. The van der Waals surface area contributed by atoms with E-state index >= 15 is 0 Å². The van der Waals surface area contributed by atoms with Gasteiger partial charge in [-0.05, 0) is 84.5 Å². The van der Waals surface area contributed by atoms with E-state index in [1.165, 1.54) is 87.2 Å². The number of fused-ring (bicyclic) bond motifs is 4. The third-order valence-electron chi connectivity index (χ3n) is 10.6. The van der Waals surface area contributed by atoms with Gasteiger partial charge in [0.15, 0.2) is 6.20 Å². The fourth-order valence-electron chi connectivity index (χ4n) is 9.37. The van der Waals surface area contributed by atoms with Gasteiger partial charge in [-0.3, -0.25) is 0 Å². The third kappa shape index (κ3) is 2.66. The number of hydrogen-bond acceptors (Lipinski definition) is 0. The predicted octanol–water partition coefficient (Wildman–Crippen LogP) is 9.05. The highest BCUT2D eigenvalue weighted by molar-refractivity contribution is 6.07. The van der Waals surface area contributed by atoms with Crippen molar-refractivity contribution in [2.24, 2.45) is 11.8 Å². The zero-order valence-corrected chi connectivity index (χ0v) is 23.5. The molecule has 2 unspecified atom stereocenters. The Morgan fingerprint density at radius 2 is 1.63 bits per heavy atom. The van der Waals surface area contributed by atoms with Crippen molar-refractivity contribution in [2.45, 2.75) is 77.7 Å². The standard InChI is InChI=1S/C37H38N/c1-22-18-27-15-16-38-35-31(27)29(19-22)36(4,5)34-28-14-10-9-13-26(28)20-30(32(34)35)37(38)21-23(2)17-24(3)33(37)25-11-7-6-8-12-25/h9-10,13-21,25,33H,6-8,11-12H2,1-5H3/q+1. The van der Waals surface area contributed by atoms with E-state index in [1.807, 2.05) is 0 Å². The Bertz CT molecular complexity index is 1760. The summed E-state index contributed by atoms with van der Waals surface area (Å²) in [5.41, 5.74) is 11.6. The number of allylic oxidation sites excluding steroid dienone is 4. The topological polar surface area (TPSA) is 3.88 Å². The number of nitrogens with zero attached hydrogens (tertiary/aromatic N) is 1. The van der Waals surface area contributed by atoms with Gasteiger partial charge >= 0.3 is 0 Å². The van der Waals surface area contributed by atoms with Gasteiger partial charge in [-0.25, -0.2) is 0 Å². The molecule has 1 heteroatoms. The molecule has 1 saturated carbocycles. The molecule has 4 aliphatic rings. The zero-order valence-electron chi connectivity index (χ0n) is 23.5. The molecule has 8 rings (SSSR count). The van der Waals surface area contributed by atoms with Crippen LogP contribution in [0.1, 0.15) is 82.1 Å². The van der Waals surface area contributed by atoms with Gasteiger partial charge in [0.25, 0.3) is 0 Å². The van der Waals surface area contributed by atoms with Crippen LogP contribution in [-0.2, 0) is 11.0 Å². The summed E-state index contributed by atoms with van der Waals surface area (Å²) in [6.45, 7) is 12.0. The summed E-state index contributed by atoms with van der Waals surface area (Å²) in [6.07, 6.45) is 14.4. The van der Waals surface area contributed by atoms with Gasteiger partial charge in [-0.2, -0.15) is 4.57 Å². The van der Waals surface area contributed by atoms with Crippen LogP contribution in [0.5, 0.6) is 0 Å². The molecule has 190 valence electrons. The summed E-state index contributed by atoms with van der Waals surface area (Å²) in [6, 6.07) is 19.1. The van der Waals surface area contributed by atoms with Gasteiger partial charge in [0, 0.05) is 17.0 Å². The maximum Gasteiger partial charge on any atom is 0.222 e. The monoisotopic (exact) mass is 496 g/mol. The first-order chi connectivity index (χ1) is 18.3. The average molecular weight is 497 g/mol. The van der Waals surface area contributed by atoms with Crippen LogP contribution < -0.4 is 4.57 Å². The summed E-state index contributed by atoms with van der Waals surface area (Å²) >= 11 is 0. The molecule has 2 atom stereocenters. The lowest BCUT2D eigenvalue weighted by molar-refractivity contribution is -0.734. The maximum atomic E-state index is 2.75. The van der Waals surface area contributed by atoms with Crippen LogP contribution in [0.15, 0.2) is 78.0 Å². The molecule has 2 heterocycles. The van der Waals surface area contributed by atoms with Gasteiger partial charge in [0.05, 0.1) is 16.9 Å². The number of rotatable bonds is 1. The van der Waals surface area contributed by atoms with Crippen LogP contribution in [0, 0.1) is 18.8 Å². The SMILES string of the molecule is CC1=CC2(c3cc4ccccc4c4c3-c3c5c(cc(C)cc5cc[n+]32)C4(C)C)C(C2CCCCC2)C(C)=C1. The quantitative estimate of drug-likeness (QED) is 0.231. The van der Waals surface area contributed by atoms with E-state index in [-0.39, 0.29) is 11.0 Å². The molecule has 0 amide bonds. The van der Waals surface area contributed by atoms with Gasteiger partial charge in [0.1, 0.15) is 0 Å². The lowest BCUT2D eigenvalue weighted by atomic mass is 9.61. The Kier molecular flexibility index (Phi) is 4.47. The first-order valence-electron chi connectivity index (χ1n) is 14.8. The molecule has 3 aliphatic carbocycles. The minimum Gasteiger partial charge on any atom is -0.183 e. The highest BCUT2D eigenvalue weighted by Crippen LogP contribution is 2.60. The summed E-state index contributed by atoms with van der Waals surface area (Å²) in [4.78, 5) is 0. The van der Waals surface area contributed by atoms with Crippen molar-refractivity contribution in [1.29, 1.82) is 0 Å². The van der Waals surface area contributed by atoms with Crippen LogP contribution in [0.2, 0.25) is 0 Å². The van der Waals surface area contributed by atoms with E-state index in [9.17, 15) is 0 Å². The third-order valence-corrected chi connectivity index (χ3v) is 10.6. The molecule has 0 saturated heterocycles. The van der Waals surface area contributed by atoms with Crippen LogP contribution in [0.4, 0.5) is 0 Å². The molecular formula is C37H38N+. The summed E-state index contributed by atoms with van der Waals surface area (Å²) in [5, 5.41) is 5.67. The molecule has 1 aromatic heterocycles. The van der Waals surface area contributed by atoms with Crippen molar-refractivity contribution in [2.75, 3.05) is 0 Å². The minimum absolute atomic E-state index is 0.0778. The van der Waals surface area contributed by atoms with Crippen LogP contribution in [-0.4, -0.2) is 0 Å². The lowest BCUT2D eigenvalue weighted by Crippen LogP contribution is -2.60. The van der Waals surface area contributed by atoms with E-state index in [4.69, 9.17) is 0 Å². The normalized spacial score (nSPS) is 25.2. The molecule has 4 aromatic rings. The Hall–Kier alpha value is -3.19. The van der Waals surface area contributed by atoms with Crippen molar-refractivity contribution in [1.82, 2.24) is 0 Å². The van der Waals surface area contributed by atoms with E-state index in [1.54, 1.807) is 11.1 Å². The average Bonchev–Trinajstić information content (AvgIpc) is 3.15.